The minimum atomic E-state index is 0.332. The molecule has 0 aromatic heterocycles. The molecule has 1 atom stereocenters. The average Bonchev–Trinajstić information content (AvgIpc) is 2.59. The second-order valence-corrected chi connectivity index (χ2v) is 7.44. The van der Waals surface area contributed by atoms with Crippen LogP contribution in [0.25, 0.3) is 16.8 Å². The lowest BCUT2D eigenvalue weighted by Gasteiger charge is -2.33. The van der Waals surface area contributed by atoms with E-state index in [9.17, 15) is 5.11 Å². The molecule has 0 saturated heterocycles. The Kier molecular flexibility index (Phi) is 6.10. The van der Waals surface area contributed by atoms with Crippen molar-refractivity contribution < 1.29 is 5.11 Å². The molecule has 0 aliphatic heterocycles. The Balaban J connectivity index is 2.14. The Morgan fingerprint density at radius 1 is 1.12 bits per heavy atom. The van der Waals surface area contributed by atoms with Gasteiger partial charge in [0.05, 0.1) is 0 Å². The zero-order valence-corrected chi connectivity index (χ0v) is 15.9. The molecule has 0 heterocycles. The van der Waals surface area contributed by atoms with Gasteiger partial charge in [-0.1, -0.05) is 70.9 Å². The normalized spacial score (nSPS) is 13.7. The van der Waals surface area contributed by atoms with Crippen LogP contribution in [0, 0.1) is 18.3 Å². The maximum atomic E-state index is 9.81. The summed E-state index contributed by atoms with van der Waals surface area (Å²) in [6.07, 6.45) is 9.36. The lowest BCUT2D eigenvalue weighted by Crippen LogP contribution is -2.23. The van der Waals surface area contributed by atoms with E-state index in [-0.39, 0.29) is 0 Å². The molecule has 0 aliphatic rings. The van der Waals surface area contributed by atoms with Crippen LogP contribution in [0.4, 0.5) is 0 Å². The van der Waals surface area contributed by atoms with Crippen molar-refractivity contribution in [1.82, 2.24) is 0 Å². The standard InChI is InChI=1S/C23H32O/c1-6-23(5,7-2)18(4)10-8-9-11-21-17(3)12-13-19-14-15-20(24)16-22(19)21/h9,11-16,18,24H,6-8,10H2,1-5H3/b11-9-. The van der Waals surface area contributed by atoms with Crippen LogP contribution in [0.2, 0.25) is 0 Å². The molecular weight excluding hydrogens is 292 g/mol. The number of rotatable bonds is 7. The molecule has 1 heteroatoms. The van der Waals surface area contributed by atoms with Gasteiger partial charge in [-0.3, -0.25) is 0 Å². The van der Waals surface area contributed by atoms with Crippen LogP contribution in [0.1, 0.15) is 64.5 Å². The summed E-state index contributed by atoms with van der Waals surface area (Å²) in [4.78, 5) is 0. The van der Waals surface area contributed by atoms with E-state index in [1.54, 1.807) is 6.07 Å². The lowest BCUT2D eigenvalue weighted by molar-refractivity contribution is 0.175. The van der Waals surface area contributed by atoms with Gasteiger partial charge in [0.25, 0.3) is 0 Å². The van der Waals surface area contributed by atoms with Gasteiger partial charge in [-0.05, 0) is 65.1 Å². The summed E-state index contributed by atoms with van der Waals surface area (Å²) in [5.41, 5.74) is 2.93. The molecule has 1 nitrogen and oxygen atoms in total. The van der Waals surface area contributed by atoms with Gasteiger partial charge in [0.2, 0.25) is 0 Å². The topological polar surface area (TPSA) is 20.2 Å². The molecule has 2 aromatic carbocycles. The molecule has 0 amide bonds. The molecule has 0 fully saturated rings. The van der Waals surface area contributed by atoms with Gasteiger partial charge in [-0.2, -0.15) is 0 Å². The molecule has 2 aromatic rings. The van der Waals surface area contributed by atoms with E-state index in [2.05, 4.69) is 58.9 Å². The van der Waals surface area contributed by atoms with Crippen LogP contribution in [-0.4, -0.2) is 5.11 Å². The molecule has 0 saturated carbocycles. The van der Waals surface area contributed by atoms with Crippen LogP contribution in [-0.2, 0) is 0 Å². The van der Waals surface area contributed by atoms with Gasteiger partial charge in [-0.25, -0.2) is 0 Å². The molecular formula is C23H32O. The van der Waals surface area contributed by atoms with Gasteiger partial charge in [0.1, 0.15) is 5.75 Å². The maximum Gasteiger partial charge on any atom is 0.116 e. The number of allylic oxidation sites excluding steroid dienone is 1. The summed E-state index contributed by atoms with van der Waals surface area (Å²) in [6.45, 7) is 11.6. The zero-order valence-electron chi connectivity index (χ0n) is 15.9. The lowest BCUT2D eigenvalue weighted by atomic mass is 9.72. The van der Waals surface area contributed by atoms with Crippen molar-refractivity contribution in [2.24, 2.45) is 11.3 Å². The Morgan fingerprint density at radius 2 is 1.79 bits per heavy atom. The van der Waals surface area contributed by atoms with E-state index < -0.39 is 0 Å². The van der Waals surface area contributed by atoms with Crippen molar-refractivity contribution in [1.29, 1.82) is 0 Å². The third-order valence-corrected chi connectivity index (χ3v) is 6.12. The van der Waals surface area contributed by atoms with Crippen LogP contribution < -0.4 is 0 Å². The quantitative estimate of drug-likeness (QED) is 0.575. The highest BCUT2D eigenvalue weighted by Gasteiger charge is 2.26. The zero-order chi connectivity index (χ0) is 17.7. The largest absolute Gasteiger partial charge is 0.508 e. The van der Waals surface area contributed by atoms with Crippen molar-refractivity contribution in [2.45, 2.75) is 60.3 Å². The van der Waals surface area contributed by atoms with Crippen molar-refractivity contribution in [2.75, 3.05) is 0 Å². The first kappa shape index (κ1) is 18.6. The number of aromatic hydroxyl groups is 1. The number of benzene rings is 2. The fraction of sp³-hybridized carbons (Fsp3) is 0.478. The molecule has 0 radical (unpaired) electrons. The Bertz CT molecular complexity index is 702. The Hall–Kier alpha value is -1.76. The number of phenolic OH excluding ortho intramolecular Hbond substituents is 1. The first-order chi connectivity index (χ1) is 11.4. The van der Waals surface area contributed by atoms with Crippen molar-refractivity contribution in [3.8, 4) is 5.75 Å². The van der Waals surface area contributed by atoms with E-state index in [0.29, 0.717) is 11.2 Å². The van der Waals surface area contributed by atoms with Gasteiger partial charge < -0.3 is 5.11 Å². The number of hydrogen-bond acceptors (Lipinski definition) is 1. The number of phenols is 1. The highest BCUT2D eigenvalue weighted by molar-refractivity contribution is 5.92. The van der Waals surface area contributed by atoms with Gasteiger partial charge >= 0.3 is 0 Å². The SMILES string of the molecule is CCC(C)(CC)C(C)CC/C=C\c1c(C)ccc2ccc(O)cc12. The van der Waals surface area contributed by atoms with Crippen molar-refractivity contribution in [3.63, 3.8) is 0 Å². The van der Waals surface area contributed by atoms with E-state index >= 15 is 0 Å². The van der Waals surface area contributed by atoms with Crippen LogP contribution in [0.5, 0.6) is 5.75 Å². The van der Waals surface area contributed by atoms with E-state index in [0.717, 1.165) is 17.7 Å². The molecule has 0 aliphatic carbocycles. The number of hydrogen-bond donors (Lipinski definition) is 1. The molecule has 24 heavy (non-hydrogen) atoms. The van der Waals surface area contributed by atoms with Crippen LogP contribution in [0.3, 0.4) is 0 Å². The second-order valence-electron chi connectivity index (χ2n) is 7.44. The first-order valence-electron chi connectivity index (χ1n) is 9.30. The third kappa shape index (κ3) is 4.01. The number of fused-ring (bicyclic) bond motifs is 1. The summed E-state index contributed by atoms with van der Waals surface area (Å²) < 4.78 is 0. The minimum absolute atomic E-state index is 0.332. The third-order valence-electron chi connectivity index (χ3n) is 6.12. The van der Waals surface area contributed by atoms with Crippen molar-refractivity contribution in [3.05, 3.63) is 47.5 Å². The van der Waals surface area contributed by atoms with Gasteiger partial charge in [0.15, 0.2) is 0 Å². The molecule has 1 N–H and O–H groups in total. The van der Waals surface area contributed by atoms with Crippen LogP contribution >= 0.6 is 0 Å². The smallest absolute Gasteiger partial charge is 0.116 e. The fourth-order valence-electron chi connectivity index (χ4n) is 3.50. The highest BCUT2D eigenvalue weighted by Crippen LogP contribution is 2.37. The monoisotopic (exact) mass is 324 g/mol. The van der Waals surface area contributed by atoms with Gasteiger partial charge in [0, 0.05) is 0 Å². The van der Waals surface area contributed by atoms with Gasteiger partial charge in [-0.15, -0.1) is 0 Å². The van der Waals surface area contributed by atoms with E-state index in [1.165, 1.54) is 35.8 Å². The summed E-state index contributed by atoms with van der Waals surface area (Å²) in [5.74, 6) is 1.06. The number of aryl methyl sites for hydroxylation is 1. The summed E-state index contributed by atoms with van der Waals surface area (Å²) in [5, 5.41) is 12.1. The molecule has 0 spiro atoms. The molecule has 0 bridgehead atoms. The molecule has 130 valence electrons. The minimum Gasteiger partial charge on any atom is -0.508 e. The first-order valence-corrected chi connectivity index (χ1v) is 9.30. The summed E-state index contributed by atoms with van der Waals surface area (Å²) in [7, 11) is 0. The van der Waals surface area contributed by atoms with E-state index in [4.69, 9.17) is 0 Å². The highest BCUT2D eigenvalue weighted by atomic mass is 16.3. The van der Waals surface area contributed by atoms with E-state index in [1.807, 2.05) is 12.1 Å². The summed E-state index contributed by atoms with van der Waals surface area (Å²) in [6, 6.07) is 9.89. The average molecular weight is 325 g/mol. The second kappa shape index (κ2) is 7.88. The predicted octanol–water partition coefficient (Wildman–Crippen LogP) is 7.11. The maximum absolute atomic E-state index is 9.81. The molecule has 1 unspecified atom stereocenters. The molecule has 2 rings (SSSR count). The summed E-state index contributed by atoms with van der Waals surface area (Å²) >= 11 is 0. The Labute approximate surface area is 147 Å². The Morgan fingerprint density at radius 3 is 2.46 bits per heavy atom. The van der Waals surface area contributed by atoms with Crippen LogP contribution in [0.15, 0.2) is 36.4 Å². The van der Waals surface area contributed by atoms with Crippen molar-refractivity contribution >= 4 is 16.8 Å². The predicted molar refractivity (Wildman–Crippen MR) is 106 cm³/mol. The fourth-order valence-corrected chi connectivity index (χ4v) is 3.50.